The zero-order valence-corrected chi connectivity index (χ0v) is 17.4. The molecule has 1 aliphatic rings. The van der Waals surface area contributed by atoms with Gasteiger partial charge in [-0.05, 0) is 79.9 Å². The summed E-state index contributed by atoms with van der Waals surface area (Å²) in [4.78, 5) is 19.9. The summed E-state index contributed by atoms with van der Waals surface area (Å²) in [6, 6.07) is 3.80. The largest absolute Gasteiger partial charge is 0.289 e. The first kappa shape index (κ1) is 19.0. The summed E-state index contributed by atoms with van der Waals surface area (Å²) >= 11 is 1.87. The van der Waals surface area contributed by atoms with E-state index in [-0.39, 0.29) is 5.78 Å². The molecule has 2 aromatic heterocycles. The predicted molar refractivity (Wildman–Crippen MR) is 111 cm³/mol. The molecule has 0 saturated heterocycles. The Bertz CT molecular complexity index is 857. The van der Waals surface area contributed by atoms with E-state index in [2.05, 4.69) is 32.7 Å². The number of aromatic nitrogens is 1. The molecule has 2 heterocycles. The number of carbonyl (C=O) groups excluding carboxylic acids is 1. The smallest absolute Gasteiger partial charge is 0.186 e. The Labute approximate surface area is 161 Å². The molecule has 0 amide bonds. The predicted octanol–water partition coefficient (Wildman–Crippen LogP) is 5.99. The molecule has 0 radical (unpaired) electrons. The van der Waals surface area contributed by atoms with Crippen molar-refractivity contribution in [2.24, 2.45) is 5.41 Å². The van der Waals surface area contributed by atoms with Gasteiger partial charge in [0, 0.05) is 26.7 Å². The van der Waals surface area contributed by atoms with Gasteiger partial charge in [0.15, 0.2) is 5.78 Å². The van der Waals surface area contributed by atoms with Crippen LogP contribution in [-0.4, -0.2) is 10.8 Å². The van der Waals surface area contributed by atoms with Crippen molar-refractivity contribution in [3.05, 3.63) is 56.0 Å². The van der Waals surface area contributed by atoms with Crippen molar-refractivity contribution < 1.29 is 4.79 Å². The SMILES string of the molecule is CCc1cc(C(=O)/C=C/c2sc(CC)c3c2CCC(C)(C)C3)cc(C)n1. The van der Waals surface area contributed by atoms with E-state index >= 15 is 0 Å². The maximum absolute atomic E-state index is 12.7. The molecule has 0 spiro atoms. The molecular weight excluding hydrogens is 338 g/mol. The van der Waals surface area contributed by atoms with Crippen molar-refractivity contribution in [2.45, 2.75) is 66.7 Å². The summed E-state index contributed by atoms with van der Waals surface area (Å²) in [6.07, 6.45) is 9.23. The van der Waals surface area contributed by atoms with E-state index in [1.165, 1.54) is 21.7 Å². The lowest BCUT2D eigenvalue weighted by Crippen LogP contribution is -2.22. The van der Waals surface area contributed by atoms with Crippen molar-refractivity contribution in [3.63, 3.8) is 0 Å². The topological polar surface area (TPSA) is 30.0 Å². The van der Waals surface area contributed by atoms with Crippen LogP contribution in [0.4, 0.5) is 0 Å². The number of carbonyl (C=O) groups is 1. The third-order valence-corrected chi connectivity index (χ3v) is 6.68. The maximum Gasteiger partial charge on any atom is 0.186 e. The lowest BCUT2D eigenvalue weighted by Gasteiger charge is -2.30. The molecule has 138 valence electrons. The molecule has 0 unspecified atom stereocenters. The van der Waals surface area contributed by atoms with Gasteiger partial charge in [-0.15, -0.1) is 11.3 Å². The molecule has 0 saturated carbocycles. The molecule has 0 fully saturated rings. The highest BCUT2D eigenvalue weighted by Crippen LogP contribution is 2.42. The van der Waals surface area contributed by atoms with Gasteiger partial charge in [0.2, 0.25) is 0 Å². The van der Waals surface area contributed by atoms with Gasteiger partial charge in [0.1, 0.15) is 0 Å². The van der Waals surface area contributed by atoms with E-state index in [1.54, 1.807) is 11.6 Å². The first-order chi connectivity index (χ1) is 12.3. The third kappa shape index (κ3) is 3.98. The molecule has 3 rings (SSSR count). The monoisotopic (exact) mass is 367 g/mol. The Morgan fingerprint density at radius 2 is 2.00 bits per heavy atom. The van der Waals surface area contributed by atoms with Gasteiger partial charge in [-0.2, -0.15) is 0 Å². The number of allylic oxidation sites excluding steroid dienone is 1. The maximum atomic E-state index is 12.7. The molecular formula is C23H29NOS. The van der Waals surface area contributed by atoms with Crippen molar-refractivity contribution in [1.29, 1.82) is 0 Å². The van der Waals surface area contributed by atoms with Crippen molar-refractivity contribution in [3.8, 4) is 0 Å². The van der Waals surface area contributed by atoms with Crippen molar-refractivity contribution in [1.82, 2.24) is 4.98 Å². The van der Waals surface area contributed by atoms with Crippen molar-refractivity contribution in [2.75, 3.05) is 0 Å². The van der Waals surface area contributed by atoms with Crippen LogP contribution < -0.4 is 0 Å². The van der Waals surface area contributed by atoms with Crippen LogP contribution in [0.2, 0.25) is 0 Å². The third-order valence-electron chi connectivity index (χ3n) is 5.30. The summed E-state index contributed by atoms with van der Waals surface area (Å²) in [6.45, 7) is 11.0. The number of hydrogen-bond acceptors (Lipinski definition) is 3. The number of nitrogens with zero attached hydrogens (tertiary/aromatic N) is 1. The summed E-state index contributed by atoms with van der Waals surface area (Å²) in [5.74, 6) is 0.0709. The van der Waals surface area contributed by atoms with E-state index in [9.17, 15) is 4.79 Å². The number of fused-ring (bicyclic) bond motifs is 1. The van der Waals surface area contributed by atoms with Crippen LogP contribution in [0.25, 0.3) is 6.08 Å². The van der Waals surface area contributed by atoms with Crippen LogP contribution in [0.3, 0.4) is 0 Å². The van der Waals surface area contributed by atoms with Crippen molar-refractivity contribution >= 4 is 23.2 Å². The van der Waals surface area contributed by atoms with E-state index in [1.807, 2.05) is 36.5 Å². The normalized spacial score (nSPS) is 16.0. The fourth-order valence-electron chi connectivity index (χ4n) is 3.81. The molecule has 0 N–H and O–H groups in total. The van der Waals surface area contributed by atoms with Gasteiger partial charge in [0.25, 0.3) is 0 Å². The van der Waals surface area contributed by atoms with Gasteiger partial charge < -0.3 is 0 Å². The minimum absolute atomic E-state index is 0.0709. The summed E-state index contributed by atoms with van der Waals surface area (Å²) in [5.41, 5.74) is 6.05. The highest BCUT2D eigenvalue weighted by molar-refractivity contribution is 7.13. The van der Waals surface area contributed by atoms with Crippen LogP contribution in [0.5, 0.6) is 0 Å². The van der Waals surface area contributed by atoms with Crippen LogP contribution in [0.1, 0.15) is 76.7 Å². The zero-order valence-electron chi connectivity index (χ0n) is 16.6. The van der Waals surface area contributed by atoms with E-state index in [0.717, 1.165) is 42.6 Å². The Morgan fingerprint density at radius 1 is 1.23 bits per heavy atom. The van der Waals surface area contributed by atoms with E-state index < -0.39 is 0 Å². The Hall–Kier alpha value is -1.74. The second kappa shape index (κ2) is 7.48. The standard InChI is InChI=1S/C23H29NOS/c1-6-17-13-16(12-15(3)24-17)20(25)8-9-22-18-10-11-23(4,5)14-19(18)21(7-2)26-22/h8-9,12-13H,6-7,10-11,14H2,1-5H3/b9-8+. The second-order valence-electron chi connectivity index (χ2n) is 8.08. The first-order valence-electron chi connectivity index (χ1n) is 9.66. The summed E-state index contributed by atoms with van der Waals surface area (Å²) in [5, 5.41) is 0. The van der Waals surface area contributed by atoms with E-state index in [4.69, 9.17) is 0 Å². The van der Waals surface area contributed by atoms with Crippen LogP contribution >= 0.6 is 11.3 Å². The Balaban J connectivity index is 1.89. The molecule has 1 aliphatic carbocycles. The fourth-order valence-corrected chi connectivity index (χ4v) is 5.02. The molecule has 0 aromatic carbocycles. The fraction of sp³-hybridized carbons (Fsp3) is 0.478. The van der Waals surface area contributed by atoms with Gasteiger partial charge in [-0.3, -0.25) is 9.78 Å². The molecule has 2 nitrogen and oxygen atoms in total. The van der Waals surface area contributed by atoms with Crippen LogP contribution in [0.15, 0.2) is 18.2 Å². The molecule has 0 aliphatic heterocycles. The number of hydrogen-bond donors (Lipinski definition) is 0. The Kier molecular flexibility index (Phi) is 5.47. The average molecular weight is 368 g/mol. The molecule has 0 atom stereocenters. The lowest BCUT2D eigenvalue weighted by molar-refractivity contribution is 0.104. The van der Waals surface area contributed by atoms with Crippen LogP contribution in [-0.2, 0) is 25.7 Å². The quantitative estimate of drug-likeness (QED) is 0.480. The highest BCUT2D eigenvalue weighted by Gasteiger charge is 2.29. The number of pyridine rings is 1. The first-order valence-corrected chi connectivity index (χ1v) is 10.5. The average Bonchev–Trinajstić information content (AvgIpc) is 2.94. The van der Waals surface area contributed by atoms with Gasteiger partial charge in [-0.1, -0.05) is 27.7 Å². The van der Waals surface area contributed by atoms with Gasteiger partial charge >= 0.3 is 0 Å². The number of ketones is 1. The highest BCUT2D eigenvalue weighted by atomic mass is 32.1. The van der Waals surface area contributed by atoms with Crippen LogP contribution in [0, 0.1) is 12.3 Å². The minimum Gasteiger partial charge on any atom is -0.289 e. The molecule has 2 aromatic rings. The minimum atomic E-state index is 0.0709. The zero-order chi connectivity index (χ0) is 18.9. The van der Waals surface area contributed by atoms with E-state index in [0.29, 0.717) is 5.41 Å². The van der Waals surface area contributed by atoms with Gasteiger partial charge in [-0.25, -0.2) is 0 Å². The summed E-state index contributed by atoms with van der Waals surface area (Å²) < 4.78 is 0. The number of rotatable bonds is 5. The molecule has 0 bridgehead atoms. The lowest BCUT2D eigenvalue weighted by atomic mass is 9.74. The van der Waals surface area contributed by atoms with Gasteiger partial charge in [0.05, 0.1) is 0 Å². The molecule has 3 heteroatoms. The second-order valence-corrected chi connectivity index (χ2v) is 9.22. The molecule has 26 heavy (non-hydrogen) atoms. The number of thiophene rings is 1. The number of aryl methyl sites for hydroxylation is 3. The summed E-state index contributed by atoms with van der Waals surface area (Å²) in [7, 11) is 0. The Morgan fingerprint density at radius 3 is 2.69 bits per heavy atom.